The number of piperidine rings is 1. The third-order valence-corrected chi connectivity index (χ3v) is 5.30. The van der Waals surface area contributed by atoms with Crippen molar-refractivity contribution in [1.29, 1.82) is 0 Å². The number of rotatable bonds is 3. The van der Waals surface area contributed by atoms with Crippen LogP contribution in [0.5, 0.6) is 0 Å². The number of benzene rings is 1. The zero-order valence-electron chi connectivity index (χ0n) is 13.0. The van der Waals surface area contributed by atoms with Gasteiger partial charge in [0.25, 0.3) is 0 Å². The van der Waals surface area contributed by atoms with Crippen LogP contribution >= 0.6 is 15.9 Å². The van der Waals surface area contributed by atoms with Gasteiger partial charge in [0.2, 0.25) is 5.91 Å². The number of aliphatic carboxylic acids is 1. The lowest BCUT2D eigenvalue weighted by atomic mass is 9.91. The van der Waals surface area contributed by atoms with E-state index in [9.17, 15) is 14.7 Å². The van der Waals surface area contributed by atoms with E-state index in [0.717, 1.165) is 10.0 Å². The summed E-state index contributed by atoms with van der Waals surface area (Å²) in [5.41, 5.74) is 5.56. The topological polar surface area (TPSA) is 102 Å². The molecule has 2 aliphatic heterocycles. The maximum Gasteiger partial charge on any atom is 0.335 e. The number of hydrogen-bond donors (Lipinski definition) is 4. The first-order valence-corrected chi connectivity index (χ1v) is 8.69. The molecule has 8 heteroatoms. The van der Waals surface area contributed by atoms with Crippen LogP contribution in [-0.2, 0) is 9.59 Å². The number of hydrazine groups is 1. The monoisotopic (exact) mass is 397 g/mol. The number of likely N-dealkylation sites (tertiary alicyclic amines) is 1. The number of nitrogens with zero attached hydrogens (tertiary/aromatic N) is 1. The molecule has 1 amide bonds. The standard InChI is InChI=1S/C16H20BrN3O4/c17-11-3-1-10(2-4-11)12-9-13(19-18-12)14(21)20-7-5-16(24,6-8-20)15(22)23/h1-4,12-13,18-19,24H,5-9H2,(H,22,23). The van der Waals surface area contributed by atoms with E-state index in [1.807, 2.05) is 24.3 Å². The van der Waals surface area contributed by atoms with Gasteiger partial charge < -0.3 is 15.1 Å². The Morgan fingerprint density at radius 1 is 1.17 bits per heavy atom. The lowest BCUT2D eigenvalue weighted by molar-refractivity contribution is -0.165. The molecule has 0 bridgehead atoms. The SMILES string of the molecule is O=C(C1CC(c2ccc(Br)cc2)NN1)N1CCC(O)(C(=O)O)CC1. The van der Waals surface area contributed by atoms with Gasteiger partial charge in [-0.2, -0.15) is 0 Å². The third-order valence-electron chi connectivity index (χ3n) is 4.77. The molecule has 1 aromatic rings. The number of carboxylic acids is 1. The Hall–Kier alpha value is -1.48. The molecule has 4 N–H and O–H groups in total. The number of carboxylic acid groups (broad SMARTS) is 1. The van der Waals surface area contributed by atoms with Crippen LogP contribution in [0.15, 0.2) is 28.7 Å². The molecule has 2 aliphatic rings. The molecule has 3 rings (SSSR count). The molecule has 2 saturated heterocycles. The van der Waals surface area contributed by atoms with Gasteiger partial charge in [0, 0.05) is 36.4 Å². The maximum absolute atomic E-state index is 12.6. The van der Waals surface area contributed by atoms with Crippen molar-refractivity contribution in [3.05, 3.63) is 34.3 Å². The number of aliphatic hydroxyl groups is 1. The highest BCUT2D eigenvalue weighted by atomic mass is 79.9. The number of amides is 1. The normalized spacial score (nSPS) is 26.3. The molecule has 24 heavy (non-hydrogen) atoms. The summed E-state index contributed by atoms with van der Waals surface area (Å²) in [7, 11) is 0. The van der Waals surface area contributed by atoms with Crippen LogP contribution in [0.1, 0.15) is 30.9 Å². The smallest absolute Gasteiger partial charge is 0.335 e. The highest BCUT2D eigenvalue weighted by Gasteiger charge is 2.42. The van der Waals surface area contributed by atoms with Gasteiger partial charge in [-0.05, 0) is 24.1 Å². The highest BCUT2D eigenvalue weighted by molar-refractivity contribution is 9.10. The molecule has 2 unspecified atom stereocenters. The minimum atomic E-state index is -1.71. The second-order valence-corrected chi connectivity index (χ2v) is 7.26. The molecular formula is C16H20BrN3O4. The third kappa shape index (κ3) is 3.46. The molecule has 0 spiro atoms. The van der Waals surface area contributed by atoms with Crippen LogP contribution in [-0.4, -0.2) is 51.7 Å². The highest BCUT2D eigenvalue weighted by Crippen LogP contribution is 2.27. The zero-order chi connectivity index (χ0) is 17.3. The Kier molecular flexibility index (Phi) is 4.91. The summed E-state index contributed by atoms with van der Waals surface area (Å²) in [6.45, 7) is 0.505. The Bertz CT molecular complexity index is 629. The van der Waals surface area contributed by atoms with Crippen LogP contribution in [0.3, 0.4) is 0 Å². The Balaban J connectivity index is 1.57. The van der Waals surface area contributed by atoms with Crippen molar-refractivity contribution in [2.75, 3.05) is 13.1 Å². The fourth-order valence-corrected chi connectivity index (χ4v) is 3.43. The minimum absolute atomic E-state index is 0.0489. The van der Waals surface area contributed by atoms with Crippen molar-refractivity contribution in [3.63, 3.8) is 0 Å². The molecule has 130 valence electrons. The van der Waals surface area contributed by atoms with E-state index in [4.69, 9.17) is 5.11 Å². The Morgan fingerprint density at radius 3 is 2.38 bits per heavy atom. The van der Waals surface area contributed by atoms with Crippen molar-refractivity contribution >= 4 is 27.8 Å². The summed E-state index contributed by atoms with van der Waals surface area (Å²) in [6.07, 6.45) is 0.745. The van der Waals surface area contributed by atoms with Crippen LogP contribution in [0, 0.1) is 0 Å². The predicted octanol–water partition coefficient (Wildman–Crippen LogP) is 0.795. The van der Waals surface area contributed by atoms with E-state index >= 15 is 0 Å². The molecule has 1 aromatic carbocycles. The first-order chi connectivity index (χ1) is 11.4. The molecule has 7 nitrogen and oxygen atoms in total. The summed E-state index contributed by atoms with van der Waals surface area (Å²) < 4.78 is 1.00. The fourth-order valence-electron chi connectivity index (χ4n) is 3.16. The first-order valence-electron chi connectivity index (χ1n) is 7.90. The van der Waals surface area contributed by atoms with E-state index in [-0.39, 0.29) is 43.9 Å². The minimum Gasteiger partial charge on any atom is -0.479 e. The lowest BCUT2D eigenvalue weighted by Gasteiger charge is -2.36. The van der Waals surface area contributed by atoms with Crippen molar-refractivity contribution in [3.8, 4) is 0 Å². The van der Waals surface area contributed by atoms with Gasteiger partial charge in [0.1, 0.15) is 6.04 Å². The first kappa shape index (κ1) is 17.3. The summed E-state index contributed by atoms with van der Waals surface area (Å²) in [5.74, 6) is -1.28. The molecule has 0 aromatic heterocycles. The average Bonchev–Trinajstić information content (AvgIpc) is 3.05. The van der Waals surface area contributed by atoms with E-state index in [0.29, 0.717) is 6.42 Å². The van der Waals surface area contributed by atoms with Gasteiger partial charge in [-0.3, -0.25) is 4.79 Å². The van der Waals surface area contributed by atoms with Crippen molar-refractivity contribution in [1.82, 2.24) is 15.8 Å². The van der Waals surface area contributed by atoms with Crippen molar-refractivity contribution in [2.24, 2.45) is 0 Å². The summed E-state index contributed by atoms with van der Waals surface area (Å²) >= 11 is 3.40. The quantitative estimate of drug-likeness (QED) is 0.601. The molecular weight excluding hydrogens is 378 g/mol. The molecule has 2 atom stereocenters. The van der Waals surface area contributed by atoms with Gasteiger partial charge in [-0.1, -0.05) is 28.1 Å². The van der Waals surface area contributed by atoms with Crippen LogP contribution in [0.2, 0.25) is 0 Å². The van der Waals surface area contributed by atoms with E-state index < -0.39 is 11.6 Å². The largest absolute Gasteiger partial charge is 0.479 e. The number of carbonyl (C=O) groups excluding carboxylic acids is 1. The summed E-state index contributed by atoms with van der Waals surface area (Å²) in [4.78, 5) is 25.3. The van der Waals surface area contributed by atoms with E-state index in [2.05, 4.69) is 26.8 Å². The molecule has 2 fully saturated rings. The second kappa shape index (κ2) is 6.79. The zero-order valence-corrected chi connectivity index (χ0v) is 14.6. The van der Waals surface area contributed by atoms with Crippen LogP contribution in [0.4, 0.5) is 0 Å². The van der Waals surface area contributed by atoms with Crippen LogP contribution < -0.4 is 10.9 Å². The predicted molar refractivity (Wildman–Crippen MR) is 90.0 cm³/mol. The summed E-state index contributed by atoms with van der Waals surface area (Å²) in [6, 6.07) is 7.63. The second-order valence-electron chi connectivity index (χ2n) is 6.34. The van der Waals surface area contributed by atoms with E-state index in [1.165, 1.54) is 0 Å². The van der Waals surface area contributed by atoms with Crippen molar-refractivity contribution < 1.29 is 19.8 Å². The molecule has 0 radical (unpaired) electrons. The number of hydrogen-bond acceptors (Lipinski definition) is 5. The van der Waals surface area contributed by atoms with Gasteiger partial charge in [-0.25, -0.2) is 15.6 Å². The van der Waals surface area contributed by atoms with Gasteiger partial charge in [0.05, 0.1) is 0 Å². The van der Waals surface area contributed by atoms with Gasteiger partial charge >= 0.3 is 5.97 Å². The van der Waals surface area contributed by atoms with Gasteiger partial charge in [0.15, 0.2) is 5.60 Å². The Morgan fingerprint density at radius 2 is 1.79 bits per heavy atom. The van der Waals surface area contributed by atoms with Crippen LogP contribution in [0.25, 0.3) is 0 Å². The van der Waals surface area contributed by atoms with Gasteiger partial charge in [-0.15, -0.1) is 0 Å². The maximum atomic E-state index is 12.6. The lowest BCUT2D eigenvalue weighted by Crippen LogP contribution is -2.54. The Labute approximate surface area is 148 Å². The number of halogens is 1. The molecule has 0 saturated carbocycles. The summed E-state index contributed by atoms with van der Waals surface area (Å²) in [5, 5.41) is 19.0. The fraction of sp³-hybridized carbons (Fsp3) is 0.500. The average molecular weight is 398 g/mol. The molecule has 0 aliphatic carbocycles. The molecule has 2 heterocycles. The van der Waals surface area contributed by atoms with E-state index in [1.54, 1.807) is 4.90 Å². The van der Waals surface area contributed by atoms with Crippen molar-refractivity contribution in [2.45, 2.75) is 36.9 Å². The number of nitrogens with one attached hydrogen (secondary N) is 2. The number of carbonyl (C=O) groups is 2.